The SMILES string of the molecule is Cc1cc(C(=O)Nc2cc(C(=O)O)ccc2Cl)c(C)n1C. The molecule has 5 nitrogen and oxygen atoms in total. The van der Waals surface area contributed by atoms with Gasteiger partial charge in [-0.15, -0.1) is 0 Å². The lowest BCUT2D eigenvalue weighted by atomic mass is 10.2. The zero-order valence-corrected chi connectivity index (χ0v) is 12.7. The second-order valence-corrected chi connectivity index (χ2v) is 5.20. The number of carbonyl (C=O) groups is 2. The van der Waals surface area contributed by atoms with Gasteiger partial charge in [-0.3, -0.25) is 4.79 Å². The number of nitrogens with zero attached hydrogens (tertiary/aromatic N) is 1. The van der Waals surface area contributed by atoms with Gasteiger partial charge in [-0.1, -0.05) is 11.6 Å². The molecular formula is C15H15ClN2O3. The summed E-state index contributed by atoms with van der Waals surface area (Å²) in [6.45, 7) is 3.75. The van der Waals surface area contributed by atoms with Crippen LogP contribution in [0.15, 0.2) is 24.3 Å². The third kappa shape index (κ3) is 2.92. The largest absolute Gasteiger partial charge is 0.478 e. The molecule has 2 rings (SSSR count). The smallest absolute Gasteiger partial charge is 0.335 e. The molecule has 0 aliphatic carbocycles. The quantitative estimate of drug-likeness (QED) is 0.914. The molecule has 0 saturated heterocycles. The molecule has 1 heterocycles. The fourth-order valence-corrected chi connectivity index (χ4v) is 2.19. The number of hydrogen-bond acceptors (Lipinski definition) is 2. The molecule has 0 saturated carbocycles. The van der Waals surface area contributed by atoms with Crippen LogP contribution in [0, 0.1) is 13.8 Å². The molecule has 0 atom stereocenters. The van der Waals surface area contributed by atoms with E-state index in [9.17, 15) is 9.59 Å². The predicted molar refractivity (Wildman–Crippen MR) is 81.3 cm³/mol. The van der Waals surface area contributed by atoms with Crippen molar-refractivity contribution in [3.63, 3.8) is 0 Å². The van der Waals surface area contributed by atoms with E-state index in [-0.39, 0.29) is 17.2 Å². The Morgan fingerprint density at radius 1 is 1.24 bits per heavy atom. The Balaban J connectivity index is 2.33. The minimum Gasteiger partial charge on any atom is -0.478 e. The molecule has 6 heteroatoms. The van der Waals surface area contributed by atoms with Crippen molar-refractivity contribution in [2.24, 2.45) is 7.05 Å². The summed E-state index contributed by atoms with van der Waals surface area (Å²) in [6, 6.07) is 5.95. The molecule has 0 aliphatic rings. The maximum atomic E-state index is 12.3. The Morgan fingerprint density at radius 2 is 1.90 bits per heavy atom. The molecule has 0 unspecified atom stereocenters. The Kier molecular flexibility index (Phi) is 4.04. The van der Waals surface area contributed by atoms with E-state index < -0.39 is 5.97 Å². The minimum atomic E-state index is -1.08. The molecular weight excluding hydrogens is 292 g/mol. The van der Waals surface area contributed by atoms with Crippen LogP contribution in [-0.2, 0) is 7.05 Å². The first-order valence-corrected chi connectivity index (χ1v) is 6.66. The zero-order valence-electron chi connectivity index (χ0n) is 11.9. The van der Waals surface area contributed by atoms with E-state index in [4.69, 9.17) is 16.7 Å². The van der Waals surface area contributed by atoms with Gasteiger partial charge in [0.05, 0.1) is 21.8 Å². The lowest BCUT2D eigenvalue weighted by molar-refractivity contribution is 0.0696. The summed E-state index contributed by atoms with van der Waals surface area (Å²) < 4.78 is 1.91. The number of halogens is 1. The van der Waals surface area contributed by atoms with Gasteiger partial charge in [-0.2, -0.15) is 0 Å². The number of aromatic carboxylic acids is 1. The van der Waals surface area contributed by atoms with Crippen molar-refractivity contribution < 1.29 is 14.7 Å². The van der Waals surface area contributed by atoms with Gasteiger partial charge in [0.25, 0.3) is 5.91 Å². The number of anilines is 1. The molecule has 0 aliphatic heterocycles. The van der Waals surface area contributed by atoms with Gasteiger partial charge in [0, 0.05) is 18.4 Å². The summed E-state index contributed by atoms with van der Waals surface area (Å²) in [5, 5.41) is 11.9. The van der Waals surface area contributed by atoms with Crippen LogP contribution >= 0.6 is 11.6 Å². The van der Waals surface area contributed by atoms with E-state index in [1.165, 1.54) is 18.2 Å². The van der Waals surface area contributed by atoms with Crippen LogP contribution in [0.1, 0.15) is 32.1 Å². The van der Waals surface area contributed by atoms with Crippen molar-refractivity contribution in [3.05, 3.63) is 51.8 Å². The Labute approximate surface area is 127 Å². The fourth-order valence-electron chi connectivity index (χ4n) is 2.03. The van der Waals surface area contributed by atoms with Gasteiger partial charge >= 0.3 is 5.97 Å². The van der Waals surface area contributed by atoms with E-state index >= 15 is 0 Å². The summed E-state index contributed by atoms with van der Waals surface area (Å²) in [6.07, 6.45) is 0. The lowest BCUT2D eigenvalue weighted by Crippen LogP contribution is -2.13. The molecule has 1 aromatic heterocycles. The van der Waals surface area contributed by atoms with Gasteiger partial charge in [-0.25, -0.2) is 4.79 Å². The Bertz CT molecular complexity index is 735. The highest BCUT2D eigenvalue weighted by Crippen LogP contribution is 2.24. The molecule has 2 N–H and O–H groups in total. The van der Waals surface area contributed by atoms with Gasteiger partial charge in [-0.05, 0) is 38.1 Å². The second-order valence-electron chi connectivity index (χ2n) is 4.80. The van der Waals surface area contributed by atoms with Crippen molar-refractivity contribution in [2.45, 2.75) is 13.8 Å². The number of hydrogen-bond donors (Lipinski definition) is 2. The standard InChI is InChI=1S/C15H15ClN2O3/c1-8-6-11(9(2)18(8)3)14(19)17-13-7-10(15(20)21)4-5-12(13)16/h4-7H,1-3H3,(H,17,19)(H,20,21). The Morgan fingerprint density at radius 3 is 2.43 bits per heavy atom. The topological polar surface area (TPSA) is 71.3 Å². The number of amides is 1. The second kappa shape index (κ2) is 5.61. The van der Waals surface area contributed by atoms with Crippen molar-refractivity contribution in [2.75, 3.05) is 5.32 Å². The number of rotatable bonds is 3. The number of aromatic nitrogens is 1. The van der Waals surface area contributed by atoms with E-state index in [2.05, 4.69) is 5.32 Å². The summed E-state index contributed by atoms with van der Waals surface area (Å²) in [5.74, 6) is -1.39. The number of carbonyl (C=O) groups excluding carboxylic acids is 1. The van der Waals surface area contributed by atoms with E-state index in [0.29, 0.717) is 10.6 Å². The fraction of sp³-hybridized carbons (Fsp3) is 0.200. The first-order chi connectivity index (χ1) is 9.81. The predicted octanol–water partition coefficient (Wildman–Crippen LogP) is 3.25. The molecule has 0 radical (unpaired) electrons. The van der Waals surface area contributed by atoms with Crippen LogP contribution in [0.3, 0.4) is 0 Å². The van der Waals surface area contributed by atoms with E-state index in [1.54, 1.807) is 6.07 Å². The normalized spacial score (nSPS) is 10.5. The molecule has 110 valence electrons. The van der Waals surface area contributed by atoms with Gasteiger partial charge in [0.15, 0.2) is 0 Å². The summed E-state index contributed by atoms with van der Waals surface area (Å²) >= 11 is 6.00. The van der Waals surface area contributed by atoms with E-state index in [1.807, 2.05) is 25.5 Å². The molecule has 2 aromatic rings. The summed E-state index contributed by atoms with van der Waals surface area (Å²) in [7, 11) is 1.87. The van der Waals surface area contributed by atoms with Crippen LogP contribution in [0.2, 0.25) is 5.02 Å². The van der Waals surface area contributed by atoms with Gasteiger partial charge < -0.3 is 15.0 Å². The summed E-state index contributed by atoms with van der Waals surface area (Å²) in [5.41, 5.74) is 2.67. The van der Waals surface area contributed by atoms with Crippen LogP contribution in [-0.4, -0.2) is 21.6 Å². The van der Waals surface area contributed by atoms with Crippen LogP contribution in [0.5, 0.6) is 0 Å². The number of aryl methyl sites for hydroxylation is 1. The first kappa shape index (κ1) is 15.1. The van der Waals surface area contributed by atoms with Crippen molar-refractivity contribution >= 4 is 29.2 Å². The highest BCUT2D eigenvalue weighted by Gasteiger charge is 2.16. The minimum absolute atomic E-state index is 0.0654. The molecule has 21 heavy (non-hydrogen) atoms. The highest BCUT2D eigenvalue weighted by molar-refractivity contribution is 6.34. The van der Waals surface area contributed by atoms with Crippen LogP contribution in [0.25, 0.3) is 0 Å². The number of benzene rings is 1. The number of carboxylic acid groups (broad SMARTS) is 1. The van der Waals surface area contributed by atoms with Crippen LogP contribution in [0.4, 0.5) is 5.69 Å². The monoisotopic (exact) mass is 306 g/mol. The lowest BCUT2D eigenvalue weighted by Gasteiger charge is -2.08. The average molecular weight is 307 g/mol. The average Bonchev–Trinajstić information content (AvgIpc) is 2.68. The number of nitrogens with one attached hydrogen (secondary N) is 1. The number of carboxylic acids is 1. The van der Waals surface area contributed by atoms with Gasteiger partial charge in [0.1, 0.15) is 0 Å². The van der Waals surface area contributed by atoms with Crippen molar-refractivity contribution in [1.82, 2.24) is 4.57 Å². The maximum absolute atomic E-state index is 12.3. The van der Waals surface area contributed by atoms with Gasteiger partial charge in [0.2, 0.25) is 0 Å². The maximum Gasteiger partial charge on any atom is 0.335 e. The van der Waals surface area contributed by atoms with Crippen molar-refractivity contribution in [1.29, 1.82) is 0 Å². The molecule has 0 bridgehead atoms. The molecule has 1 aromatic carbocycles. The van der Waals surface area contributed by atoms with Crippen molar-refractivity contribution in [3.8, 4) is 0 Å². The van der Waals surface area contributed by atoms with Crippen LogP contribution < -0.4 is 5.32 Å². The summed E-state index contributed by atoms with van der Waals surface area (Å²) in [4.78, 5) is 23.3. The first-order valence-electron chi connectivity index (χ1n) is 6.28. The van der Waals surface area contributed by atoms with E-state index in [0.717, 1.165) is 11.4 Å². The molecule has 1 amide bonds. The third-order valence-corrected chi connectivity index (χ3v) is 3.81. The Hall–Kier alpha value is -2.27. The zero-order chi connectivity index (χ0) is 15.7. The third-order valence-electron chi connectivity index (χ3n) is 3.48. The highest BCUT2D eigenvalue weighted by atomic mass is 35.5. The molecule has 0 spiro atoms. The molecule has 0 fully saturated rings.